The maximum absolute atomic E-state index is 11.9. The molecular formula is C16H13Cl2NO2. The van der Waals surface area contributed by atoms with Crippen molar-refractivity contribution in [3.63, 3.8) is 0 Å². The van der Waals surface area contributed by atoms with E-state index in [0.29, 0.717) is 17.9 Å². The lowest BCUT2D eigenvalue weighted by molar-refractivity contribution is -0.117. The summed E-state index contributed by atoms with van der Waals surface area (Å²) in [6.45, 7) is 0. The smallest absolute Gasteiger partial charge is 0.230 e. The number of carbonyl (C=O) groups excluding carboxylic acids is 1. The summed E-state index contributed by atoms with van der Waals surface area (Å²) in [5.41, 5.74) is 0.691. The van der Waals surface area contributed by atoms with Gasteiger partial charge >= 0.3 is 0 Å². The highest BCUT2D eigenvalue weighted by Gasteiger charge is 2.56. The van der Waals surface area contributed by atoms with Crippen LogP contribution in [-0.2, 0) is 4.79 Å². The van der Waals surface area contributed by atoms with Gasteiger partial charge in [0, 0.05) is 5.69 Å². The lowest BCUT2D eigenvalue weighted by atomic mass is 10.3. The third-order valence-corrected chi connectivity index (χ3v) is 4.08. The van der Waals surface area contributed by atoms with Crippen molar-refractivity contribution >= 4 is 34.8 Å². The number of hydrogen-bond donors (Lipinski definition) is 1. The highest BCUT2D eigenvalue weighted by Crippen LogP contribution is 2.53. The molecule has 108 valence electrons. The average molecular weight is 322 g/mol. The molecular weight excluding hydrogens is 309 g/mol. The van der Waals surface area contributed by atoms with E-state index in [2.05, 4.69) is 5.32 Å². The number of amides is 1. The molecule has 0 radical (unpaired) electrons. The van der Waals surface area contributed by atoms with Crippen LogP contribution in [0.15, 0.2) is 54.6 Å². The second kappa shape index (κ2) is 5.58. The molecule has 0 aliphatic heterocycles. The number of ether oxygens (including phenoxy) is 1. The van der Waals surface area contributed by atoms with E-state index in [4.69, 9.17) is 27.9 Å². The van der Waals surface area contributed by atoms with Crippen LogP contribution in [0.3, 0.4) is 0 Å². The van der Waals surface area contributed by atoms with Crippen LogP contribution >= 0.6 is 23.2 Å². The summed E-state index contributed by atoms with van der Waals surface area (Å²) in [6.07, 6.45) is 0.497. The van der Waals surface area contributed by atoms with Crippen LogP contribution in [0.5, 0.6) is 11.5 Å². The maximum Gasteiger partial charge on any atom is 0.230 e. The van der Waals surface area contributed by atoms with Gasteiger partial charge in [0.25, 0.3) is 0 Å². The zero-order valence-corrected chi connectivity index (χ0v) is 12.6. The first-order valence-electron chi connectivity index (χ1n) is 6.56. The molecule has 5 heteroatoms. The van der Waals surface area contributed by atoms with Crippen LogP contribution in [0.25, 0.3) is 0 Å². The minimum atomic E-state index is -0.902. The van der Waals surface area contributed by atoms with Crippen LogP contribution < -0.4 is 10.1 Å². The van der Waals surface area contributed by atoms with E-state index in [1.807, 2.05) is 30.3 Å². The number of benzene rings is 2. The first-order chi connectivity index (χ1) is 10.0. The van der Waals surface area contributed by atoms with Gasteiger partial charge in [0.2, 0.25) is 5.91 Å². The summed E-state index contributed by atoms with van der Waals surface area (Å²) in [5.74, 6) is 0.980. The molecule has 1 N–H and O–H groups in total. The predicted octanol–water partition coefficient (Wildman–Crippen LogP) is 4.61. The minimum absolute atomic E-state index is 0.156. The summed E-state index contributed by atoms with van der Waals surface area (Å²) in [4.78, 5) is 11.9. The molecule has 1 fully saturated rings. The number of halogens is 2. The van der Waals surface area contributed by atoms with Gasteiger partial charge in [-0.3, -0.25) is 4.79 Å². The quantitative estimate of drug-likeness (QED) is 0.835. The number of carbonyl (C=O) groups is 1. The Balaban J connectivity index is 1.61. The number of para-hydroxylation sites is 1. The van der Waals surface area contributed by atoms with E-state index < -0.39 is 4.33 Å². The molecule has 1 aliphatic rings. The molecule has 0 unspecified atom stereocenters. The molecule has 1 aliphatic carbocycles. The molecule has 0 aromatic heterocycles. The van der Waals surface area contributed by atoms with Gasteiger partial charge in [0.1, 0.15) is 15.8 Å². The van der Waals surface area contributed by atoms with Crippen LogP contribution in [0.2, 0.25) is 0 Å². The van der Waals surface area contributed by atoms with E-state index in [1.165, 1.54) is 0 Å². The van der Waals surface area contributed by atoms with E-state index >= 15 is 0 Å². The first-order valence-corrected chi connectivity index (χ1v) is 7.32. The Hall–Kier alpha value is -1.71. The molecule has 1 amide bonds. The average Bonchev–Trinajstić information content (AvgIpc) is 3.11. The van der Waals surface area contributed by atoms with Crippen LogP contribution in [0.4, 0.5) is 5.69 Å². The van der Waals surface area contributed by atoms with E-state index in [9.17, 15) is 4.79 Å². The monoisotopic (exact) mass is 321 g/mol. The molecule has 0 spiro atoms. The van der Waals surface area contributed by atoms with Crippen molar-refractivity contribution in [1.29, 1.82) is 0 Å². The topological polar surface area (TPSA) is 38.3 Å². The summed E-state index contributed by atoms with van der Waals surface area (Å²) >= 11 is 11.7. The molecule has 1 saturated carbocycles. The van der Waals surface area contributed by atoms with Gasteiger partial charge in [-0.25, -0.2) is 0 Å². The fraction of sp³-hybridized carbons (Fsp3) is 0.188. The van der Waals surface area contributed by atoms with Gasteiger partial charge in [0.05, 0.1) is 5.92 Å². The van der Waals surface area contributed by atoms with Crippen LogP contribution in [0, 0.1) is 5.92 Å². The molecule has 3 nitrogen and oxygen atoms in total. The van der Waals surface area contributed by atoms with Crippen LogP contribution in [0.1, 0.15) is 6.42 Å². The van der Waals surface area contributed by atoms with Gasteiger partial charge in [-0.2, -0.15) is 0 Å². The van der Waals surface area contributed by atoms with Gasteiger partial charge < -0.3 is 10.1 Å². The van der Waals surface area contributed by atoms with E-state index in [0.717, 1.165) is 5.75 Å². The normalized spacial score (nSPS) is 18.9. The number of alkyl halides is 2. The molecule has 0 bridgehead atoms. The Morgan fingerprint density at radius 3 is 2.19 bits per heavy atom. The highest BCUT2D eigenvalue weighted by atomic mass is 35.5. The molecule has 1 atom stereocenters. The Bertz CT molecular complexity index is 641. The van der Waals surface area contributed by atoms with E-state index in [1.54, 1.807) is 24.3 Å². The summed E-state index contributed by atoms with van der Waals surface area (Å²) in [7, 11) is 0. The lowest BCUT2D eigenvalue weighted by Gasteiger charge is -2.08. The van der Waals surface area contributed by atoms with E-state index in [-0.39, 0.29) is 11.8 Å². The van der Waals surface area contributed by atoms with Gasteiger partial charge in [0.15, 0.2) is 0 Å². The second-order valence-corrected chi connectivity index (χ2v) is 6.49. The fourth-order valence-corrected chi connectivity index (χ4v) is 2.46. The number of rotatable bonds is 4. The largest absolute Gasteiger partial charge is 0.457 e. The zero-order chi connectivity index (χ0) is 14.9. The molecule has 21 heavy (non-hydrogen) atoms. The summed E-state index contributed by atoms with van der Waals surface area (Å²) in [6, 6.07) is 16.7. The standard InChI is InChI=1S/C16H13Cl2NO2/c17-16(18)10-14(16)15(20)19-11-6-8-13(9-7-11)21-12-4-2-1-3-5-12/h1-9,14H,10H2,(H,19,20)/t14-/m0/s1. The third-order valence-electron chi connectivity index (χ3n) is 3.24. The Morgan fingerprint density at radius 2 is 1.62 bits per heavy atom. The number of nitrogens with one attached hydrogen (secondary N) is 1. The minimum Gasteiger partial charge on any atom is -0.457 e. The van der Waals surface area contributed by atoms with Crippen molar-refractivity contribution in [3.05, 3.63) is 54.6 Å². The summed E-state index contributed by atoms with van der Waals surface area (Å²) in [5, 5.41) is 2.79. The molecule has 2 aromatic rings. The predicted molar refractivity (Wildman–Crippen MR) is 84.1 cm³/mol. The van der Waals surface area contributed by atoms with Crippen molar-refractivity contribution in [1.82, 2.24) is 0 Å². The van der Waals surface area contributed by atoms with Crippen LogP contribution in [-0.4, -0.2) is 10.2 Å². The fourth-order valence-electron chi connectivity index (χ4n) is 1.96. The molecule has 0 saturated heterocycles. The van der Waals surface area contributed by atoms with Gasteiger partial charge in [-0.05, 0) is 42.8 Å². The van der Waals surface area contributed by atoms with Crippen molar-refractivity contribution in [2.75, 3.05) is 5.32 Å². The van der Waals surface area contributed by atoms with Crippen molar-refractivity contribution in [2.45, 2.75) is 10.8 Å². The van der Waals surface area contributed by atoms with Crippen molar-refractivity contribution in [2.24, 2.45) is 5.92 Å². The zero-order valence-electron chi connectivity index (χ0n) is 11.1. The number of anilines is 1. The van der Waals surface area contributed by atoms with Crippen molar-refractivity contribution < 1.29 is 9.53 Å². The highest BCUT2D eigenvalue weighted by molar-refractivity contribution is 6.52. The SMILES string of the molecule is O=C(Nc1ccc(Oc2ccccc2)cc1)[C@@H]1CC1(Cl)Cl. The Morgan fingerprint density at radius 1 is 1.05 bits per heavy atom. The van der Waals surface area contributed by atoms with Crippen molar-refractivity contribution in [3.8, 4) is 11.5 Å². The molecule has 2 aromatic carbocycles. The Kier molecular flexibility index (Phi) is 3.79. The second-order valence-electron chi connectivity index (χ2n) is 4.95. The first kappa shape index (κ1) is 14.2. The van der Waals surface area contributed by atoms with Gasteiger partial charge in [-0.15, -0.1) is 23.2 Å². The maximum atomic E-state index is 11.9. The van der Waals surface area contributed by atoms with Gasteiger partial charge in [-0.1, -0.05) is 18.2 Å². The molecule has 3 rings (SSSR count). The summed E-state index contributed by atoms with van der Waals surface area (Å²) < 4.78 is 4.77. The lowest BCUT2D eigenvalue weighted by Crippen LogP contribution is -2.16. The Labute approximate surface area is 132 Å². The molecule has 0 heterocycles. The number of hydrogen-bond acceptors (Lipinski definition) is 2. The third kappa shape index (κ3) is 3.49.